The summed E-state index contributed by atoms with van der Waals surface area (Å²) >= 11 is 3.21. The number of nitrogens with zero attached hydrogens (tertiary/aromatic N) is 1. The number of benzene rings is 1. The van der Waals surface area contributed by atoms with Crippen molar-refractivity contribution in [1.82, 2.24) is 5.32 Å². The first-order valence-corrected chi connectivity index (χ1v) is 6.23. The van der Waals surface area contributed by atoms with Crippen molar-refractivity contribution < 1.29 is 22.6 Å². The molecule has 1 atom stereocenters. The molecule has 0 aliphatic carbocycles. The van der Waals surface area contributed by atoms with E-state index in [-0.39, 0.29) is 0 Å². The van der Waals surface area contributed by atoms with Crippen LogP contribution in [0.3, 0.4) is 0 Å². The number of ether oxygens (including phenoxy) is 2. The number of nitriles is 1. The lowest BCUT2D eigenvalue weighted by Crippen LogP contribution is -2.31. The van der Waals surface area contributed by atoms with Gasteiger partial charge in [-0.2, -0.15) is 18.4 Å². The maximum atomic E-state index is 12.2. The molecular formula is C12H12BrF3N2O2. The standard InChI is InChI=1S/C12H12BrF3N2O2/c1-19-10-3-7(8(13)4-11(10)20-2)9(5-17)18-6-12(14,15)16/h3-4,9,18H,6H2,1-2H3. The topological polar surface area (TPSA) is 54.3 Å². The van der Waals surface area contributed by atoms with Crippen LogP contribution in [0.25, 0.3) is 0 Å². The minimum absolute atomic E-state index is 0.333. The van der Waals surface area contributed by atoms with Gasteiger partial charge >= 0.3 is 6.18 Å². The normalized spacial score (nSPS) is 12.7. The van der Waals surface area contributed by atoms with Crippen LogP contribution in [-0.4, -0.2) is 26.9 Å². The third kappa shape index (κ3) is 4.28. The molecule has 0 aliphatic rings. The molecule has 1 aromatic carbocycles. The van der Waals surface area contributed by atoms with Gasteiger partial charge in [-0.3, -0.25) is 5.32 Å². The Hall–Kier alpha value is -1.46. The van der Waals surface area contributed by atoms with Crippen LogP contribution in [0.2, 0.25) is 0 Å². The molecule has 0 radical (unpaired) electrons. The van der Waals surface area contributed by atoms with Crippen molar-refractivity contribution in [3.63, 3.8) is 0 Å². The van der Waals surface area contributed by atoms with Gasteiger partial charge in [-0.15, -0.1) is 0 Å². The Morgan fingerprint density at radius 1 is 1.30 bits per heavy atom. The van der Waals surface area contributed by atoms with Gasteiger partial charge in [-0.05, 0) is 12.1 Å². The van der Waals surface area contributed by atoms with Crippen LogP contribution in [0.15, 0.2) is 16.6 Å². The zero-order chi connectivity index (χ0) is 15.3. The third-order valence-electron chi connectivity index (χ3n) is 2.45. The highest BCUT2D eigenvalue weighted by molar-refractivity contribution is 9.10. The van der Waals surface area contributed by atoms with Crippen molar-refractivity contribution in [2.45, 2.75) is 12.2 Å². The fraction of sp³-hybridized carbons (Fsp3) is 0.417. The lowest BCUT2D eigenvalue weighted by atomic mass is 10.1. The van der Waals surface area contributed by atoms with Gasteiger partial charge < -0.3 is 9.47 Å². The summed E-state index contributed by atoms with van der Waals surface area (Å²) in [5.41, 5.74) is 0.342. The maximum Gasteiger partial charge on any atom is 0.401 e. The van der Waals surface area contributed by atoms with E-state index in [1.807, 2.05) is 0 Å². The van der Waals surface area contributed by atoms with E-state index in [0.29, 0.717) is 21.5 Å². The molecule has 0 aromatic heterocycles. The number of halogens is 4. The van der Waals surface area contributed by atoms with Gasteiger partial charge in [-0.1, -0.05) is 15.9 Å². The summed E-state index contributed by atoms with van der Waals surface area (Å²) < 4.78 is 47.2. The van der Waals surface area contributed by atoms with Crippen LogP contribution in [0, 0.1) is 11.3 Å². The van der Waals surface area contributed by atoms with Gasteiger partial charge in [0.25, 0.3) is 0 Å². The Morgan fingerprint density at radius 3 is 2.30 bits per heavy atom. The fourth-order valence-corrected chi connectivity index (χ4v) is 2.09. The molecule has 0 saturated heterocycles. The highest BCUT2D eigenvalue weighted by atomic mass is 79.9. The van der Waals surface area contributed by atoms with Crippen molar-refractivity contribution in [1.29, 1.82) is 5.26 Å². The first-order valence-electron chi connectivity index (χ1n) is 5.43. The molecule has 1 aromatic rings. The highest BCUT2D eigenvalue weighted by Crippen LogP contribution is 2.36. The number of nitrogens with one attached hydrogen (secondary N) is 1. The second-order valence-electron chi connectivity index (χ2n) is 3.79. The summed E-state index contributed by atoms with van der Waals surface area (Å²) in [6, 6.07) is 3.66. The molecule has 0 heterocycles. The summed E-state index contributed by atoms with van der Waals surface area (Å²) in [5, 5.41) is 11.2. The fourth-order valence-electron chi connectivity index (χ4n) is 1.53. The van der Waals surface area contributed by atoms with Crippen LogP contribution in [0.1, 0.15) is 11.6 Å². The van der Waals surface area contributed by atoms with Crippen LogP contribution < -0.4 is 14.8 Å². The Balaban J connectivity index is 3.07. The SMILES string of the molecule is COc1cc(Br)c(C(C#N)NCC(F)(F)F)cc1OC. The lowest BCUT2D eigenvalue weighted by Gasteiger charge is -2.17. The Kier molecular flexibility index (Phi) is 5.65. The molecule has 1 N–H and O–H groups in total. The molecule has 0 saturated carbocycles. The molecule has 4 nitrogen and oxygen atoms in total. The van der Waals surface area contributed by atoms with Gasteiger partial charge in [0.15, 0.2) is 11.5 Å². The number of methoxy groups -OCH3 is 2. The lowest BCUT2D eigenvalue weighted by molar-refractivity contribution is -0.125. The van der Waals surface area contributed by atoms with E-state index in [1.165, 1.54) is 26.4 Å². The van der Waals surface area contributed by atoms with Crippen LogP contribution in [-0.2, 0) is 0 Å². The number of rotatable bonds is 5. The van der Waals surface area contributed by atoms with Crippen LogP contribution >= 0.6 is 15.9 Å². The van der Waals surface area contributed by atoms with E-state index in [0.717, 1.165) is 0 Å². The average molecular weight is 353 g/mol. The molecule has 0 aliphatic heterocycles. The molecule has 20 heavy (non-hydrogen) atoms. The van der Waals surface area contributed by atoms with E-state index in [2.05, 4.69) is 21.2 Å². The quantitative estimate of drug-likeness (QED) is 0.884. The predicted octanol–water partition coefficient (Wildman–Crippen LogP) is 3.18. The summed E-state index contributed by atoms with van der Waals surface area (Å²) in [5.74, 6) is 0.746. The maximum absolute atomic E-state index is 12.2. The monoisotopic (exact) mass is 352 g/mol. The predicted molar refractivity (Wildman–Crippen MR) is 69.7 cm³/mol. The molecule has 8 heteroatoms. The minimum atomic E-state index is -4.39. The zero-order valence-electron chi connectivity index (χ0n) is 10.7. The van der Waals surface area contributed by atoms with E-state index in [1.54, 1.807) is 6.07 Å². The molecular weight excluding hydrogens is 341 g/mol. The molecule has 0 fully saturated rings. The molecule has 0 spiro atoms. The van der Waals surface area contributed by atoms with Crippen molar-refractivity contribution in [2.24, 2.45) is 0 Å². The van der Waals surface area contributed by atoms with Crippen LogP contribution in [0.4, 0.5) is 13.2 Å². The van der Waals surface area contributed by atoms with Crippen molar-refractivity contribution in [3.8, 4) is 17.6 Å². The average Bonchev–Trinajstić information content (AvgIpc) is 2.39. The van der Waals surface area contributed by atoms with E-state index in [4.69, 9.17) is 14.7 Å². The second-order valence-corrected chi connectivity index (χ2v) is 4.64. The van der Waals surface area contributed by atoms with Crippen molar-refractivity contribution in [2.75, 3.05) is 20.8 Å². The smallest absolute Gasteiger partial charge is 0.401 e. The van der Waals surface area contributed by atoms with Gasteiger partial charge in [0.1, 0.15) is 6.04 Å². The third-order valence-corrected chi connectivity index (χ3v) is 3.14. The molecule has 110 valence electrons. The molecule has 1 rings (SSSR count). The number of hydrogen-bond acceptors (Lipinski definition) is 4. The largest absolute Gasteiger partial charge is 0.493 e. The van der Waals surface area contributed by atoms with Crippen LogP contribution in [0.5, 0.6) is 11.5 Å². The van der Waals surface area contributed by atoms with Crippen molar-refractivity contribution >= 4 is 15.9 Å². The number of alkyl halides is 3. The number of hydrogen-bond donors (Lipinski definition) is 1. The molecule has 0 bridgehead atoms. The van der Waals surface area contributed by atoms with Crippen molar-refractivity contribution in [3.05, 3.63) is 22.2 Å². The van der Waals surface area contributed by atoms with Gasteiger partial charge in [0.2, 0.25) is 0 Å². The Labute approximate surface area is 122 Å². The Bertz CT molecular complexity index is 515. The molecule has 0 amide bonds. The van der Waals surface area contributed by atoms with Gasteiger partial charge in [0, 0.05) is 10.0 Å². The van der Waals surface area contributed by atoms with Gasteiger partial charge in [-0.25, -0.2) is 0 Å². The van der Waals surface area contributed by atoms with E-state index >= 15 is 0 Å². The van der Waals surface area contributed by atoms with E-state index in [9.17, 15) is 13.2 Å². The first kappa shape index (κ1) is 16.6. The second kappa shape index (κ2) is 6.81. The van der Waals surface area contributed by atoms with Gasteiger partial charge in [0.05, 0.1) is 26.8 Å². The minimum Gasteiger partial charge on any atom is -0.493 e. The summed E-state index contributed by atoms with van der Waals surface area (Å²) in [6.07, 6.45) is -4.39. The zero-order valence-corrected chi connectivity index (χ0v) is 12.3. The highest BCUT2D eigenvalue weighted by Gasteiger charge is 2.29. The van der Waals surface area contributed by atoms with E-state index < -0.39 is 18.8 Å². The summed E-state index contributed by atoms with van der Waals surface area (Å²) in [4.78, 5) is 0. The molecule has 1 unspecified atom stereocenters. The summed E-state index contributed by atoms with van der Waals surface area (Å²) in [6.45, 7) is -1.26. The summed E-state index contributed by atoms with van der Waals surface area (Å²) in [7, 11) is 2.84. The Morgan fingerprint density at radius 2 is 1.85 bits per heavy atom. The first-order chi connectivity index (χ1) is 9.32.